The van der Waals surface area contributed by atoms with Gasteiger partial charge in [-0.15, -0.1) is 0 Å². The fraction of sp³-hybridized carbons (Fsp3) is 1.00. The molecule has 0 spiro atoms. The Balaban J connectivity index is 0. The Morgan fingerprint density at radius 3 is 1.73 bits per heavy atom. The van der Waals surface area contributed by atoms with Crippen molar-refractivity contribution in [1.29, 1.82) is 0 Å². The van der Waals surface area contributed by atoms with Gasteiger partial charge in [-0.05, 0) is 5.66 Å². The van der Waals surface area contributed by atoms with E-state index in [0.29, 0.717) is 13.1 Å². The molecule has 0 unspecified atom stereocenters. The molecule has 1 heterocycles. The van der Waals surface area contributed by atoms with E-state index in [1.807, 2.05) is 13.8 Å². The van der Waals surface area contributed by atoms with Gasteiger partial charge in [0, 0.05) is 40.8 Å². The SMILES string of the molecule is CC(C)P1(=O)[N-]CC[N-]1.[Re].[Re]. The van der Waals surface area contributed by atoms with Gasteiger partial charge in [0.25, 0.3) is 0 Å². The molecule has 0 N–H and O–H groups in total. The summed E-state index contributed by atoms with van der Waals surface area (Å²) in [6.07, 6.45) is 0. The van der Waals surface area contributed by atoms with Crippen molar-refractivity contribution in [1.82, 2.24) is 0 Å². The number of nitrogens with zero attached hydrogens (tertiary/aromatic N) is 2. The Morgan fingerprint density at radius 2 is 1.55 bits per heavy atom. The Bertz CT molecular complexity index is 143. The zero-order valence-corrected chi connectivity index (χ0v) is 12.8. The maximum Gasteiger partial charge on any atom is 0 e. The summed E-state index contributed by atoms with van der Waals surface area (Å²) in [4.78, 5) is 0. The van der Waals surface area contributed by atoms with Crippen LogP contribution in [0.25, 0.3) is 10.2 Å². The van der Waals surface area contributed by atoms with Crippen molar-refractivity contribution in [2.24, 2.45) is 0 Å². The van der Waals surface area contributed by atoms with Gasteiger partial charge in [0.2, 0.25) is 0 Å². The molecule has 68 valence electrons. The molecule has 0 aliphatic carbocycles. The molecule has 1 rings (SSSR count). The molecule has 1 aliphatic heterocycles. The van der Waals surface area contributed by atoms with Crippen molar-refractivity contribution < 1.29 is 45.4 Å². The first kappa shape index (κ1) is 15.0. The first-order chi connectivity index (χ1) is 4.15. The van der Waals surface area contributed by atoms with Crippen molar-refractivity contribution in [2.75, 3.05) is 13.1 Å². The van der Waals surface area contributed by atoms with Gasteiger partial charge in [0.05, 0.1) is 0 Å². The van der Waals surface area contributed by atoms with Crippen LogP contribution in [-0.2, 0) is 45.4 Å². The second kappa shape index (κ2) is 6.01. The van der Waals surface area contributed by atoms with Gasteiger partial charge < -0.3 is 14.7 Å². The standard InChI is InChI=1S/C5H11N2OP.2Re/c1-5(2)9(8)6-3-4-7-9;;/h5H,3-4H2,1-2H3;;/q-2;;. The summed E-state index contributed by atoms with van der Waals surface area (Å²) >= 11 is 0. The van der Waals surface area contributed by atoms with Gasteiger partial charge >= 0.3 is 0 Å². The van der Waals surface area contributed by atoms with E-state index in [2.05, 4.69) is 10.2 Å². The minimum absolute atomic E-state index is 0. The first-order valence-corrected chi connectivity index (χ1v) is 4.81. The summed E-state index contributed by atoms with van der Waals surface area (Å²) in [5.41, 5.74) is 0.111. The van der Waals surface area contributed by atoms with Gasteiger partial charge in [-0.1, -0.05) is 21.3 Å². The zero-order chi connectivity index (χ0) is 6.91. The molecule has 1 aliphatic rings. The van der Waals surface area contributed by atoms with Gasteiger partial charge in [-0.2, -0.15) is 13.1 Å². The molecular weight excluding hydrogens is 507 g/mol. The molecule has 0 bridgehead atoms. The largest absolute Gasteiger partial charge is 0.621 e. The molecule has 0 aromatic carbocycles. The Kier molecular flexibility index (Phi) is 8.18. The zero-order valence-electron chi connectivity index (χ0n) is 6.50. The van der Waals surface area contributed by atoms with Crippen LogP contribution in [0.4, 0.5) is 0 Å². The monoisotopic (exact) mass is 520 g/mol. The fourth-order valence-corrected chi connectivity index (χ4v) is 2.24. The predicted octanol–water partition coefficient (Wildman–Crippen LogP) is 2.34. The van der Waals surface area contributed by atoms with Crippen LogP contribution in [0, 0.1) is 0 Å². The van der Waals surface area contributed by atoms with E-state index in [0.717, 1.165) is 0 Å². The Labute approximate surface area is 95.3 Å². The fourth-order valence-electron chi connectivity index (χ4n) is 0.747. The minimum Gasteiger partial charge on any atom is -0.621 e. The van der Waals surface area contributed by atoms with E-state index < -0.39 is 7.44 Å². The van der Waals surface area contributed by atoms with Crippen LogP contribution in [0.2, 0.25) is 0 Å². The second-order valence-electron chi connectivity index (χ2n) is 2.41. The van der Waals surface area contributed by atoms with E-state index in [1.54, 1.807) is 0 Å². The average Bonchev–Trinajstić information content (AvgIpc) is 2.16. The quantitative estimate of drug-likeness (QED) is 0.492. The predicted molar refractivity (Wildman–Crippen MR) is 39.2 cm³/mol. The van der Waals surface area contributed by atoms with Crippen molar-refractivity contribution in [3.63, 3.8) is 0 Å². The molecule has 3 nitrogen and oxygen atoms in total. The van der Waals surface area contributed by atoms with Crippen molar-refractivity contribution in [2.45, 2.75) is 19.5 Å². The van der Waals surface area contributed by atoms with Crippen LogP contribution in [-0.4, -0.2) is 18.7 Å². The molecule has 0 aromatic heterocycles. The molecule has 0 saturated carbocycles. The van der Waals surface area contributed by atoms with Crippen LogP contribution >= 0.6 is 7.44 Å². The van der Waals surface area contributed by atoms with E-state index in [-0.39, 0.29) is 46.5 Å². The van der Waals surface area contributed by atoms with E-state index in [4.69, 9.17) is 0 Å². The van der Waals surface area contributed by atoms with Crippen LogP contribution in [0.3, 0.4) is 0 Å². The smallest absolute Gasteiger partial charge is 0 e. The van der Waals surface area contributed by atoms with Crippen molar-refractivity contribution in [3.8, 4) is 0 Å². The summed E-state index contributed by atoms with van der Waals surface area (Å²) in [5.74, 6) is 0. The third-order valence-corrected chi connectivity index (χ3v) is 3.93. The van der Waals surface area contributed by atoms with E-state index >= 15 is 0 Å². The average molecular weight is 519 g/mol. The van der Waals surface area contributed by atoms with E-state index in [1.165, 1.54) is 0 Å². The maximum atomic E-state index is 11.4. The van der Waals surface area contributed by atoms with Crippen LogP contribution in [0.15, 0.2) is 0 Å². The van der Waals surface area contributed by atoms with Gasteiger partial charge in [-0.3, -0.25) is 0 Å². The van der Waals surface area contributed by atoms with Crippen LogP contribution < -0.4 is 0 Å². The molecule has 0 amide bonds. The Hall–Kier alpha value is 1.47. The molecular formula is C5H11N2OPRe2-2. The van der Waals surface area contributed by atoms with Gasteiger partial charge in [-0.25, -0.2) is 0 Å². The summed E-state index contributed by atoms with van der Waals surface area (Å²) in [7, 11) is -2.39. The first-order valence-electron chi connectivity index (χ1n) is 3.13. The number of rotatable bonds is 1. The normalized spacial score (nSPS) is 20.6. The van der Waals surface area contributed by atoms with Crippen molar-refractivity contribution >= 4 is 7.44 Å². The third kappa shape index (κ3) is 3.80. The topological polar surface area (TPSA) is 45.3 Å². The molecule has 0 aromatic rings. The summed E-state index contributed by atoms with van der Waals surface area (Å²) in [5, 5.41) is 7.91. The summed E-state index contributed by atoms with van der Waals surface area (Å²) in [6, 6.07) is 0. The van der Waals surface area contributed by atoms with Gasteiger partial charge in [0.1, 0.15) is 0 Å². The summed E-state index contributed by atoms with van der Waals surface area (Å²) < 4.78 is 11.4. The van der Waals surface area contributed by atoms with Gasteiger partial charge in [0.15, 0.2) is 0 Å². The van der Waals surface area contributed by atoms with E-state index in [9.17, 15) is 4.57 Å². The number of hydrogen-bond acceptors (Lipinski definition) is 1. The minimum atomic E-state index is -2.39. The third-order valence-electron chi connectivity index (χ3n) is 1.38. The molecule has 2 radical (unpaired) electrons. The molecule has 11 heavy (non-hydrogen) atoms. The summed E-state index contributed by atoms with van der Waals surface area (Å²) in [6.45, 7) is 5.13. The maximum absolute atomic E-state index is 11.4. The second-order valence-corrected chi connectivity index (χ2v) is 5.19. The molecule has 1 fully saturated rings. The number of hydrogen-bond donors (Lipinski definition) is 0. The Morgan fingerprint density at radius 1 is 1.18 bits per heavy atom. The molecule has 0 atom stereocenters. The molecule has 6 heteroatoms. The molecule has 1 saturated heterocycles. The van der Waals surface area contributed by atoms with Crippen LogP contribution in [0.1, 0.15) is 13.8 Å². The van der Waals surface area contributed by atoms with Crippen molar-refractivity contribution in [3.05, 3.63) is 10.2 Å². The van der Waals surface area contributed by atoms with Crippen LogP contribution in [0.5, 0.6) is 0 Å².